The highest BCUT2D eigenvalue weighted by atomic mass is 16.2. The van der Waals surface area contributed by atoms with E-state index in [9.17, 15) is 9.59 Å². The van der Waals surface area contributed by atoms with Gasteiger partial charge in [0.15, 0.2) is 5.78 Å². The molecule has 2 fully saturated rings. The molecule has 0 unspecified atom stereocenters. The fourth-order valence-electron chi connectivity index (χ4n) is 3.49. The van der Waals surface area contributed by atoms with E-state index in [2.05, 4.69) is 5.10 Å². The molecule has 1 amide bonds. The average Bonchev–Trinajstić information content (AvgIpc) is 3.22. The number of nitrogen functional groups attached to an aromatic ring is 1. The minimum Gasteiger partial charge on any atom is -0.383 e. The molecule has 2 aromatic rings. The Morgan fingerprint density at radius 2 is 1.88 bits per heavy atom. The summed E-state index contributed by atoms with van der Waals surface area (Å²) in [6, 6.07) is 7.40. The van der Waals surface area contributed by atoms with Gasteiger partial charge in [-0.2, -0.15) is 5.10 Å². The Bertz CT molecular complexity index is 820. The predicted octanol–water partition coefficient (Wildman–Crippen LogP) is 2.35. The summed E-state index contributed by atoms with van der Waals surface area (Å²) < 4.78 is 1.58. The molecule has 2 N–H and O–H groups in total. The van der Waals surface area contributed by atoms with Gasteiger partial charge in [0.1, 0.15) is 5.82 Å². The van der Waals surface area contributed by atoms with Gasteiger partial charge < -0.3 is 10.6 Å². The number of carbonyl (C=O) groups excluding carboxylic acids is 2. The first kappa shape index (κ1) is 15.9. The number of aromatic nitrogens is 2. The summed E-state index contributed by atoms with van der Waals surface area (Å²) in [7, 11) is 0. The second kappa shape index (κ2) is 6.02. The summed E-state index contributed by atoms with van der Waals surface area (Å²) in [6.07, 6.45) is 4.98. The first-order valence-electron chi connectivity index (χ1n) is 8.81. The summed E-state index contributed by atoms with van der Waals surface area (Å²) in [6.45, 7) is 2.68. The number of aryl methyl sites for hydroxylation is 1. The van der Waals surface area contributed by atoms with Crippen LogP contribution < -0.4 is 5.73 Å². The van der Waals surface area contributed by atoms with Crippen LogP contribution in [0.3, 0.4) is 0 Å². The van der Waals surface area contributed by atoms with Crippen LogP contribution in [0.25, 0.3) is 5.69 Å². The number of benzene rings is 1. The molecule has 1 aromatic heterocycles. The van der Waals surface area contributed by atoms with Crippen LogP contribution in [0.1, 0.15) is 41.6 Å². The quantitative estimate of drug-likeness (QED) is 0.868. The number of nitrogens with two attached hydrogens (primary N) is 1. The van der Waals surface area contributed by atoms with E-state index in [-0.39, 0.29) is 17.6 Å². The van der Waals surface area contributed by atoms with Crippen molar-refractivity contribution in [1.82, 2.24) is 14.7 Å². The Morgan fingerprint density at radius 1 is 1.16 bits per heavy atom. The number of nitrogens with zero attached hydrogens (tertiary/aromatic N) is 3. The largest absolute Gasteiger partial charge is 0.383 e. The van der Waals surface area contributed by atoms with Gasteiger partial charge in [-0.05, 0) is 44.7 Å². The maximum atomic E-state index is 13.0. The molecule has 6 nitrogen and oxygen atoms in total. The first-order valence-corrected chi connectivity index (χ1v) is 8.81. The summed E-state index contributed by atoms with van der Waals surface area (Å²) in [5, 5.41) is 4.29. The number of Topliss-reactive ketones (excluding diaryl/α,β-unsaturated/α-hetero) is 1. The van der Waals surface area contributed by atoms with Crippen molar-refractivity contribution in [2.75, 3.05) is 12.3 Å². The van der Waals surface area contributed by atoms with E-state index in [0.717, 1.165) is 30.5 Å². The number of amides is 1. The van der Waals surface area contributed by atoms with Gasteiger partial charge in [0.05, 0.1) is 23.5 Å². The highest BCUT2D eigenvalue weighted by Gasteiger charge is 2.41. The lowest BCUT2D eigenvalue weighted by Gasteiger charge is -2.23. The lowest BCUT2D eigenvalue weighted by molar-refractivity contribution is -0.132. The smallest absolute Gasteiger partial charge is 0.226 e. The maximum absolute atomic E-state index is 13.0. The average molecular weight is 338 g/mol. The van der Waals surface area contributed by atoms with Crippen LogP contribution in [0.2, 0.25) is 0 Å². The zero-order valence-electron chi connectivity index (χ0n) is 14.3. The Kier molecular flexibility index (Phi) is 3.82. The number of likely N-dealkylation sites (tertiary alicyclic amines) is 1. The van der Waals surface area contributed by atoms with Crippen molar-refractivity contribution < 1.29 is 9.59 Å². The summed E-state index contributed by atoms with van der Waals surface area (Å²) in [5.74, 6) is 0.489. The Labute approximate surface area is 146 Å². The highest BCUT2D eigenvalue weighted by molar-refractivity contribution is 6.05. The second-order valence-electron chi connectivity index (χ2n) is 7.02. The van der Waals surface area contributed by atoms with Gasteiger partial charge in [-0.3, -0.25) is 9.59 Å². The molecule has 1 saturated carbocycles. The number of hydrogen-bond acceptors (Lipinski definition) is 4. The van der Waals surface area contributed by atoms with Gasteiger partial charge in [-0.1, -0.05) is 17.7 Å². The van der Waals surface area contributed by atoms with Crippen LogP contribution in [0.4, 0.5) is 5.82 Å². The third kappa shape index (κ3) is 2.81. The first-order chi connectivity index (χ1) is 12.1. The Hall–Kier alpha value is -2.63. The minimum absolute atomic E-state index is 0.0950. The van der Waals surface area contributed by atoms with Crippen molar-refractivity contribution in [2.45, 2.75) is 38.6 Å². The molecular formula is C19H22N4O2. The molecule has 0 bridgehead atoms. The van der Waals surface area contributed by atoms with E-state index < -0.39 is 6.04 Å². The standard InChI is InChI=1S/C19H22N4O2/c1-12-4-8-14(9-5-12)23-18(20)15(11-21-23)17(24)16-3-2-10-22(16)19(25)13-6-7-13/h4-5,8-9,11,13,16H,2-3,6-7,10,20H2,1H3/t16-/m0/s1. The van der Waals surface area contributed by atoms with E-state index in [1.54, 1.807) is 9.58 Å². The van der Waals surface area contributed by atoms with Gasteiger partial charge in [-0.25, -0.2) is 4.68 Å². The molecule has 4 rings (SSSR count). The van der Waals surface area contributed by atoms with E-state index in [1.165, 1.54) is 6.20 Å². The molecule has 6 heteroatoms. The molecule has 2 heterocycles. The van der Waals surface area contributed by atoms with Crippen LogP contribution in [0, 0.1) is 12.8 Å². The second-order valence-corrected chi connectivity index (χ2v) is 7.02. The number of hydrogen-bond donors (Lipinski definition) is 1. The van der Waals surface area contributed by atoms with Crippen molar-refractivity contribution in [3.05, 3.63) is 41.6 Å². The summed E-state index contributed by atoms with van der Waals surface area (Å²) >= 11 is 0. The zero-order chi connectivity index (χ0) is 17.6. The molecule has 1 atom stereocenters. The van der Waals surface area contributed by atoms with E-state index >= 15 is 0 Å². The van der Waals surface area contributed by atoms with Gasteiger partial charge in [0.25, 0.3) is 0 Å². The molecule has 1 saturated heterocycles. The third-order valence-corrected chi connectivity index (χ3v) is 5.12. The van der Waals surface area contributed by atoms with Crippen LogP contribution in [0.5, 0.6) is 0 Å². The third-order valence-electron chi connectivity index (χ3n) is 5.12. The van der Waals surface area contributed by atoms with Gasteiger partial charge in [-0.15, -0.1) is 0 Å². The van der Waals surface area contributed by atoms with Crippen LogP contribution >= 0.6 is 0 Å². The summed E-state index contributed by atoms with van der Waals surface area (Å²) in [5.41, 5.74) is 8.58. The van der Waals surface area contributed by atoms with Gasteiger partial charge in [0.2, 0.25) is 5.91 Å². The molecule has 1 aliphatic heterocycles. The van der Waals surface area contributed by atoms with Crippen LogP contribution in [-0.2, 0) is 4.79 Å². The molecule has 25 heavy (non-hydrogen) atoms. The highest BCUT2D eigenvalue weighted by Crippen LogP contribution is 2.34. The van der Waals surface area contributed by atoms with Crippen molar-refractivity contribution in [3.63, 3.8) is 0 Å². The van der Waals surface area contributed by atoms with Crippen LogP contribution in [-0.4, -0.2) is 39.0 Å². The van der Waals surface area contributed by atoms with Gasteiger partial charge in [0, 0.05) is 12.5 Å². The summed E-state index contributed by atoms with van der Waals surface area (Å²) in [4.78, 5) is 27.2. The molecular weight excluding hydrogens is 316 g/mol. The van der Waals surface area contributed by atoms with Crippen LogP contribution in [0.15, 0.2) is 30.5 Å². The van der Waals surface area contributed by atoms with E-state index in [4.69, 9.17) is 5.73 Å². The van der Waals surface area contributed by atoms with Crippen molar-refractivity contribution in [2.24, 2.45) is 5.92 Å². The topological polar surface area (TPSA) is 81.2 Å². The Morgan fingerprint density at radius 3 is 2.56 bits per heavy atom. The lowest BCUT2D eigenvalue weighted by Crippen LogP contribution is -2.41. The fraction of sp³-hybridized carbons (Fsp3) is 0.421. The molecule has 2 aliphatic rings. The maximum Gasteiger partial charge on any atom is 0.226 e. The monoisotopic (exact) mass is 338 g/mol. The number of carbonyl (C=O) groups is 2. The van der Waals surface area contributed by atoms with Gasteiger partial charge >= 0.3 is 0 Å². The SMILES string of the molecule is Cc1ccc(-n2ncc(C(=O)[C@@H]3CCCN3C(=O)C3CC3)c2N)cc1. The zero-order valence-corrected chi connectivity index (χ0v) is 14.3. The number of rotatable bonds is 4. The van der Waals surface area contributed by atoms with E-state index in [0.29, 0.717) is 24.3 Å². The Balaban J connectivity index is 1.60. The predicted molar refractivity (Wildman–Crippen MR) is 94.5 cm³/mol. The number of anilines is 1. The molecule has 130 valence electrons. The van der Waals surface area contributed by atoms with Crippen molar-refractivity contribution in [3.8, 4) is 5.69 Å². The normalized spacial score (nSPS) is 20.0. The fourth-order valence-corrected chi connectivity index (χ4v) is 3.49. The number of ketones is 1. The molecule has 0 radical (unpaired) electrons. The minimum atomic E-state index is -0.397. The van der Waals surface area contributed by atoms with Crippen molar-refractivity contribution in [1.29, 1.82) is 0 Å². The van der Waals surface area contributed by atoms with E-state index in [1.807, 2.05) is 31.2 Å². The molecule has 1 aliphatic carbocycles. The lowest BCUT2D eigenvalue weighted by atomic mass is 10.0. The van der Waals surface area contributed by atoms with Crippen molar-refractivity contribution >= 4 is 17.5 Å². The molecule has 0 spiro atoms. The molecule has 1 aromatic carbocycles.